The van der Waals surface area contributed by atoms with Crippen LogP contribution in [-0.2, 0) is 17.8 Å². The number of nitrogens with zero attached hydrogens (tertiary/aromatic N) is 2. The normalized spacial score (nSPS) is 27.9. The van der Waals surface area contributed by atoms with Crippen molar-refractivity contribution in [3.8, 4) is 0 Å². The fourth-order valence-corrected chi connectivity index (χ4v) is 5.47. The van der Waals surface area contributed by atoms with Gasteiger partial charge in [0.05, 0.1) is 5.41 Å². The summed E-state index contributed by atoms with van der Waals surface area (Å²) in [7, 11) is 0. The molecule has 2 amide bonds. The number of nitrogens with one attached hydrogen (secondary N) is 1. The van der Waals surface area contributed by atoms with Crippen LogP contribution in [0, 0.1) is 11.3 Å². The lowest BCUT2D eigenvalue weighted by Gasteiger charge is -2.35. The molecule has 0 spiro atoms. The van der Waals surface area contributed by atoms with Crippen LogP contribution in [0.4, 0.5) is 4.79 Å². The highest BCUT2D eigenvalue weighted by Gasteiger charge is 2.55. The Balaban J connectivity index is 1.34. The van der Waals surface area contributed by atoms with Gasteiger partial charge in [0.15, 0.2) is 0 Å². The number of urea groups is 1. The van der Waals surface area contributed by atoms with E-state index in [4.69, 9.17) is 0 Å². The molecule has 1 unspecified atom stereocenters. The van der Waals surface area contributed by atoms with Gasteiger partial charge >= 0.3 is 12.0 Å². The first-order valence-electron chi connectivity index (χ1n) is 10.6. The molecule has 1 saturated carbocycles. The second-order valence-electron chi connectivity index (χ2n) is 8.67. The van der Waals surface area contributed by atoms with E-state index in [0.717, 1.165) is 38.8 Å². The Kier molecular flexibility index (Phi) is 5.32. The number of fused-ring (bicyclic) bond motifs is 2. The molecule has 1 aromatic carbocycles. The van der Waals surface area contributed by atoms with Gasteiger partial charge in [-0.25, -0.2) is 4.79 Å². The third-order valence-electron chi connectivity index (χ3n) is 7.22. The van der Waals surface area contributed by atoms with Crippen molar-refractivity contribution >= 4 is 12.0 Å². The molecule has 152 valence electrons. The lowest BCUT2D eigenvalue weighted by Crippen LogP contribution is -2.49. The number of aliphatic carboxylic acids is 1. The molecular formula is C22H31N3O3. The minimum atomic E-state index is -0.733. The van der Waals surface area contributed by atoms with E-state index in [1.165, 1.54) is 11.1 Å². The van der Waals surface area contributed by atoms with E-state index < -0.39 is 11.4 Å². The van der Waals surface area contributed by atoms with Crippen molar-refractivity contribution in [3.05, 3.63) is 35.4 Å². The third kappa shape index (κ3) is 3.39. The van der Waals surface area contributed by atoms with Gasteiger partial charge in [0.1, 0.15) is 0 Å². The van der Waals surface area contributed by atoms with E-state index in [1.807, 2.05) is 0 Å². The molecule has 1 saturated heterocycles. The molecule has 6 nitrogen and oxygen atoms in total. The van der Waals surface area contributed by atoms with E-state index in [2.05, 4.69) is 41.4 Å². The highest BCUT2D eigenvalue weighted by molar-refractivity contribution is 5.80. The Hall–Kier alpha value is -2.08. The molecule has 6 heteroatoms. The number of carboxylic acids is 1. The number of carbonyl (C=O) groups is 2. The molecular weight excluding hydrogens is 354 g/mol. The van der Waals surface area contributed by atoms with E-state index >= 15 is 0 Å². The zero-order valence-corrected chi connectivity index (χ0v) is 16.7. The first-order chi connectivity index (χ1) is 13.5. The zero-order valence-electron chi connectivity index (χ0n) is 16.7. The summed E-state index contributed by atoms with van der Waals surface area (Å²) in [6.45, 7) is 5.65. The minimum absolute atomic E-state index is 0.106. The molecule has 1 aliphatic carbocycles. The number of rotatable bonds is 5. The largest absolute Gasteiger partial charge is 0.481 e. The summed E-state index contributed by atoms with van der Waals surface area (Å²) in [5, 5.41) is 12.8. The number of hydrogen-bond acceptors (Lipinski definition) is 3. The van der Waals surface area contributed by atoms with Gasteiger partial charge < -0.3 is 15.3 Å². The van der Waals surface area contributed by atoms with Crippen LogP contribution < -0.4 is 5.32 Å². The van der Waals surface area contributed by atoms with E-state index in [0.29, 0.717) is 32.1 Å². The van der Waals surface area contributed by atoms with Crippen LogP contribution >= 0.6 is 0 Å². The third-order valence-corrected chi connectivity index (χ3v) is 7.22. The predicted octanol–water partition coefficient (Wildman–Crippen LogP) is 2.72. The Morgan fingerprint density at radius 2 is 2.11 bits per heavy atom. The van der Waals surface area contributed by atoms with Crippen molar-refractivity contribution in [1.29, 1.82) is 0 Å². The number of likely N-dealkylation sites (tertiary alicyclic amines) is 1. The number of carbonyl (C=O) groups excluding carboxylic acids is 1. The van der Waals surface area contributed by atoms with Gasteiger partial charge in [0.25, 0.3) is 0 Å². The fraction of sp³-hybridized carbons (Fsp3) is 0.636. The van der Waals surface area contributed by atoms with Crippen molar-refractivity contribution in [3.63, 3.8) is 0 Å². The Bertz CT molecular complexity index is 752. The minimum Gasteiger partial charge on any atom is -0.481 e. The summed E-state index contributed by atoms with van der Waals surface area (Å²) in [6, 6.07) is 8.78. The molecule has 0 radical (unpaired) electrons. The number of hydrogen-bond donors (Lipinski definition) is 2. The van der Waals surface area contributed by atoms with E-state index in [9.17, 15) is 14.7 Å². The lowest BCUT2D eigenvalue weighted by atomic mass is 9.81. The highest BCUT2D eigenvalue weighted by atomic mass is 16.4. The molecule has 2 heterocycles. The van der Waals surface area contributed by atoms with Crippen LogP contribution in [0.2, 0.25) is 0 Å². The predicted molar refractivity (Wildman–Crippen MR) is 107 cm³/mol. The quantitative estimate of drug-likeness (QED) is 0.817. The molecule has 0 bridgehead atoms. The summed E-state index contributed by atoms with van der Waals surface area (Å²) < 4.78 is 0. The SMILES string of the molecule is CCC(CNC(=O)N1C[C@@H]2CCC[C@@]2(C(=O)O)C1)N1CCc2ccccc2C1. The Labute approximate surface area is 166 Å². The van der Waals surface area contributed by atoms with Gasteiger partial charge in [-0.1, -0.05) is 37.6 Å². The topological polar surface area (TPSA) is 72.9 Å². The molecule has 28 heavy (non-hydrogen) atoms. The summed E-state index contributed by atoms with van der Waals surface area (Å²) in [5.74, 6) is -0.625. The van der Waals surface area contributed by atoms with Crippen LogP contribution in [-0.4, -0.2) is 59.1 Å². The van der Waals surface area contributed by atoms with Gasteiger partial charge in [-0.3, -0.25) is 9.69 Å². The molecule has 3 aliphatic rings. The maximum absolute atomic E-state index is 12.7. The maximum atomic E-state index is 12.7. The summed E-state index contributed by atoms with van der Waals surface area (Å²) in [6.07, 6.45) is 4.60. The van der Waals surface area contributed by atoms with Gasteiger partial charge in [0, 0.05) is 38.8 Å². The monoisotopic (exact) mass is 385 g/mol. The zero-order chi connectivity index (χ0) is 19.7. The van der Waals surface area contributed by atoms with Crippen LogP contribution in [0.5, 0.6) is 0 Å². The molecule has 0 aromatic heterocycles. The summed E-state index contributed by atoms with van der Waals surface area (Å²) in [4.78, 5) is 28.8. The summed E-state index contributed by atoms with van der Waals surface area (Å²) in [5.41, 5.74) is 2.10. The van der Waals surface area contributed by atoms with Crippen LogP contribution in [0.1, 0.15) is 43.7 Å². The van der Waals surface area contributed by atoms with Gasteiger partial charge in [-0.15, -0.1) is 0 Å². The number of carboxylic acid groups (broad SMARTS) is 1. The van der Waals surface area contributed by atoms with Gasteiger partial charge in [0.2, 0.25) is 0 Å². The van der Waals surface area contributed by atoms with Gasteiger partial charge in [-0.2, -0.15) is 0 Å². The Morgan fingerprint density at radius 3 is 2.82 bits per heavy atom. The first kappa shape index (κ1) is 19.2. The molecule has 2 fully saturated rings. The fourth-order valence-electron chi connectivity index (χ4n) is 5.47. The number of amides is 2. The molecule has 2 N–H and O–H groups in total. The maximum Gasteiger partial charge on any atom is 0.317 e. The molecule has 3 atom stereocenters. The van der Waals surface area contributed by atoms with Crippen molar-refractivity contribution < 1.29 is 14.7 Å². The van der Waals surface area contributed by atoms with Crippen molar-refractivity contribution in [2.45, 2.75) is 51.6 Å². The van der Waals surface area contributed by atoms with Crippen molar-refractivity contribution in [2.24, 2.45) is 11.3 Å². The smallest absolute Gasteiger partial charge is 0.317 e. The second-order valence-corrected chi connectivity index (χ2v) is 8.67. The number of benzene rings is 1. The molecule has 2 aliphatic heterocycles. The van der Waals surface area contributed by atoms with Crippen LogP contribution in [0.3, 0.4) is 0 Å². The molecule has 1 aromatic rings. The van der Waals surface area contributed by atoms with E-state index in [-0.39, 0.29) is 11.9 Å². The van der Waals surface area contributed by atoms with Crippen LogP contribution in [0.25, 0.3) is 0 Å². The summed E-state index contributed by atoms with van der Waals surface area (Å²) >= 11 is 0. The lowest BCUT2D eigenvalue weighted by molar-refractivity contribution is -0.149. The van der Waals surface area contributed by atoms with Crippen LogP contribution in [0.15, 0.2) is 24.3 Å². The highest BCUT2D eigenvalue weighted by Crippen LogP contribution is 2.48. The average Bonchev–Trinajstić information content (AvgIpc) is 3.27. The first-order valence-corrected chi connectivity index (χ1v) is 10.6. The van der Waals surface area contributed by atoms with Crippen molar-refractivity contribution in [1.82, 2.24) is 15.1 Å². The van der Waals surface area contributed by atoms with Gasteiger partial charge in [-0.05, 0) is 42.7 Å². The van der Waals surface area contributed by atoms with Crippen molar-refractivity contribution in [2.75, 3.05) is 26.2 Å². The second kappa shape index (κ2) is 7.74. The molecule has 4 rings (SSSR count). The standard InChI is InChI=1S/C22H31N3O3/c1-2-19(24-11-9-16-6-3-4-7-17(16)13-24)12-23-21(28)25-14-18-8-5-10-22(18,15-25)20(26)27/h3-4,6-7,18-19H,2,5,8-15H2,1H3,(H,23,28)(H,26,27)/t18-,19?,22+/m0/s1. The Morgan fingerprint density at radius 1 is 1.32 bits per heavy atom. The average molecular weight is 386 g/mol. The van der Waals surface area contributed by atoms with E-state index in [1.54, 1.807) is 4.90 Å².